The Labute approximate surface area is 120 Å². The van der Waals surface area contributed by atoms with Gasteiger partial charge < -0.3 is 15.4 Å². The zero-order valence-electron chi connectivity index (χ0n) is 11.6. The van der Waals surface area contributed by atoms with Crippen LogP contribution in [-0.2, 0) is 0 Å². The number of aromatic amines is 1. The first-order valence-electron chi connectivity index (χ1n) is 6.23. The predicted octanol–water partition coefficient (Wildman–Crippen LogP) is 1.94. The van der Waals surface area contributed by atoms with Crippen LogP contribution in [0.5, 0.6) is 0 Å². The smallest absolute Gasteiger partial charge is 0.335 e. The molecule has 21 heavy (non-hydrogen) atoms. The van der Waals surface area contributed by atoms with Crippen molar-refractivity contribution in [3.8, 4) is 0 Å². The summed E-state index contributed by atoms with van der Waals surface area (Å²) in [6, 6.07) is 7.46. The van der Waals surface area contributed by atoms with Gasteiger partial charge >= 0.3 is 5.97 Å². The number of amides is 1. The number of aromatic carboxylic acids is 1. The average molecular weight is 286 g/mol. The quantitative estimate of drug-likeness (QED) is 0.802. The molecule has 108 valence electrons. The number of anilines is 1. The Bertz CT molecular complexity index is 777. The number of H-pyrrole nitrogens is 1. The van der Waals surface area contributed by atoms with Gasteiger partial charge in [-0.15, -0.1) is 0 Å². The fraction of sp³-hybridized carbons (Fsp3) is 0.133. The molecule has 1 aromatic carbocycles. The van der Waals surface area contributed by atoms with Gasteiger partial charge in [-0.3, -0.25) is 9.59 Å². The molecule has 0 fully saturated rings. The topological polar surface area (TPSA) is 99.3 Å². The zero-order valence-corrected chi connectivity index (χ0v) is 11.6. The van der Waals surface area contributed by atoms with Crippen LogP contribution in [0.25, 0.3) is 0 Å². The monoisotopic (exact) mass is 286 g/mol. The molecule has 0 bridgehead atoms. The Morgan fingerprint density at radius 2 is 1.86 bits per heavy atom. The molecule has 2 aromatic rings. The van der Waals surface area contributed by atoms with Gasteiger partial charge in [-0.25, -0.2) is 4.79 Å². The summed E-state index contributed by atoms with van der Waals surface area (Å²) < 4.78 is 0. The van der Waals surface area contributed by atoms with E-state index in [2.05, 4.69) is 10.3 Å². The fourth-order valence-corrected chi connectivity index (χ4v) is 1.83. The molecular formula is C15H14N2O4. The minimum atomic E-state index is -1.08. The Morgan fingerprint density at radius 1 is 1.14 bits per heavy atom. The first-order chi connectivity index (χ1) is 9.88. The lowest BCUT2D eigenvalue weighted by Crippen LogP contribution is -2.23. The third-order valence-electron chi connectivity index (χ3n) is 3.03. The molecule has 0 unspecified atom stereocenters. The van der Waals surface area contributed by atoms with Crippen LogP contribution in [0.2, 0.25) is 0 Å². The van der Waals surface area contributed by atoms with Crippen molar-refractivity contribution in [2.45, 2.75) is 13.8 Å². The van der Waals surface area contributed by atoms with E-state index in [0.717, 1.165) is 0 Å². The summed E-state index contributed by atoms with van der Waals surface area (Å²) in [5, 5.41) is 11.5. The number of hydrogen-bond acceptors (Lipinski definition) is 3. The van der Waals surface area contributed by atoms with Crippen LogP contribution >= 0.6 is 0 Å². The maximum absolute atomic E-state index is 12.1. The van der Waals surface area contributed by atoms with Gasteiger partial charge in [0.1, 0.15) is 5.56 Å². The van der Waals surface area contributed by atoms with E-state index in [1.165, 1.54) is 18.2 Å². The van der Waals surface area contributed by atoms with Crippen LogP contribution < -0.4 is 10.9 Å². The lowest BCUT2D eigenvalue weighted by atomic mass is 10.1. The van der Waals surface area contributed by atoms with Gasteiger partial charge in [0, 0.05) is 11.4 Å². The molecule has 1 aromatic heterocycles. The summed E-state index contributed by atoms with van der Waals surface area (Å²) >= 11 is 0. The summed E-state index contributed by atoms with van der Waals surface area (Å²) in [5.41, 5.74) is 1.27. The molecule has 3 N–H and O–H groups in total. The summed E-state index contributed by atoms with van der Waals surface area (Å²) in [6.45, 7) is 3.45. The molecule has 6 heteroatoms. The van der Waals surface area contributed by atoms with E-state index in [-0.39, 0.29) is 11.1 Å². The van der Waals surface area contributed by atoms with Gasteiger partial charge in [0.2, 0.25) is 0 Å². The van der Waals surface area contributed by atoms with Crippen molar-refractivity contribution in [1.82, 2.24) is 4.98 Å². The van der Waals surface area contributed by atoms with Crippen LogP contribution in [0.3, 0.4) is 0 Å². The molecule has 0 saturated heterocycles. The average Bonchev–Trinajstić information content (AvgIpc) is 2.40. The van der Waals surface area contributed by atoms with Crippen LogP contribution in [0.4, 0.5) is 5.69 Å². The number of carboxylic acid groups (broad SMARTS) is 1. The van der Waals surface area contributed by atoms with Gasteiger partial charge in [0.15, 0.2) is 0 Å². The number of pyridine rings is 1. The van der Waals surface area contributed by atoms with Gasteiger partial charge in [-0.1, -0.05) is 6.07 Å². The second-order valence-corrected chi connectivity index (χ2v) is 4.67. The zero-order chi connectivity index (χ0) is 15.6. The number of aryl methyl sites for hydroxylation is 2. The maximum Gasteiger partial charge on any atom is 0.335 e. The normalized spacial score (nSPS) is 10.2. The first-order valence-corrected chi connectivity index (χ1v) is 6.23. The van der Waals surface area contributed by atoms with E-state index >= 15 is 0 Å². The second kappa shape index (κ2) is 5.62. The molecule has 1 amide bonds. The molecule has 0 aliphatic rings. The number of benzene rings is 1. The molecule has 0 aliphatic heterocycles. The third kappa shape index (κ3) is 3.17. The summed E-state index contributed by atoms with van der Waals surface area (Å²) in [5.74, 6) is -1.67. The highest BCUT2D eigenvalue weighted by Crippen LogP contribution is 2.17. The SMILES string of the molecule is Cc1ccc(C(=O)Nc2cc(C(=O)O)ccc2C)c(=O)[nH]1. The number of carboxylic acids is 1. The molecular weight excluding hydrogens is 272 g/mol. The van der Waals surface area contributed by atoms with Gasteiger partial charge in [0.05, 0.1) is 5.56 Å². The van der Waals surface area contributed by atoms with Crippen molar-refractivity contribution < 1.29 is 14.7 Å². The number of hydrogen-bond donors (Lipinski definition) is 3. The highest BCUT2D eigenvalue weighted by molar-refractivity contribution is 6.05. The van der Waals surface area contributed by atoms with Crippen molar-refractivity contribution >= 4 is 17.6 Å². The number of carbonyl (C=O) groups excluding carboxylic acids is 1. The Balaban J connectivity index is 2.33. The minimum absolute atomic E-state index is 0.0271. The van der Waals surface area contributed by atoms with E-state index in [4.69, 9.17) is 5.11 Å². The standard InChI is InChI=1S/C15H14N2O4/c1-8-3-5-10(15(20)21)7-12(8)17-14(19)11-6-4-9(2)16-13(11)18/h3-7H,1-2H3,(H,16,18)(H,17,19)(H,20,21). The van der Waals surface area contributed by atoms with E-state index < -0.39 is 17.4 Å². The van der Waals surface area contributed by atoms with E-state index in [1.54, 1.807) is 26.0 Å². The second-order valence-electron chi connectivity index (χ2n) is 4.67. The molecule has 6 nitrogen and oxygen atoms in total. The van der Waals surface area contributed by atoms with Crippen LogP contribution in [0.15, 0.2) is 35.1 Å². The van der Waals surface area contributed by atoms with Crippen LogP contribution in [0.1, 0.15) is 32.0 Å². The van der Waals surface area contributed by atoms with E-state index in [9.17, 15) is 14.4 Å². The Kier molecular flexibility index (Phi) is 3.89. The number of aromatic nitrogens is 1. The fourth-order valence-electron chi connectivity index (χ4n) is 1.83. The van der Waals surface area contributed by atoms with Crippen molar-refractivity contribution in [1.29, 1.82) is 0 Å². The molecule has 0 atom stereocenters. The van der Waals surface area contributed by atoms with Crippen molar-refractivity contribution in [3.05, 3.63) is 63.1 Å². The maximum atomic E-state index is 12.1. The summed E-state index contributed by atoms with van der Waals surface area (Å²) in [6.07, 6.45) is 0. The van der Waals surface area contributed by atoms with E-state index in [1.807, 2.05) is 0 Å². The first kappa shape index (κ1) is 14.5. The third-order valence-corrected chi connectivity index (χ3v) is 3.03. The summed E-state index contributed by atoms with van der Waals surface area (Å²) in [7, 11) is 0. The lowest BCUT2D eigenvalue weighted by molar-refractivity contribution is 0.0696. The van der Waals surface area contributed by atoms with Crippen molar-refractivity contribution in [2.24, 2.45) is 0 Å². The lowest BCUT2D eigenvalue weighted by Gasteiger charge is -2.09. The summed E-state index contributed by atoms with van der Waals surface area (Å²) in [4.78, 5) is 37.3. The van der Waals surface area contributed by atoms with Gasteiger partial charge in [-0.05, 0) is 43.7 Å². The largest absolute Gasteiger partial charge is 0.478 e. The van der Waals surface area contributed by atoms with Crippen LogP contribution in [0, 0.1) is 13.8 Å². The molecule has 0 spiro atoms. The van der Waals surface area contributed by atoms with Crippen LogP contribution in [-0.4, -0.2) is 22.0 Å². The molecule has 0 aliphatic carbocycles. The highest BCUT2D eigenvalue weighted by atomic mass is 16.4. The van der Waals surface area contributed by atoms with Crippen molar-refractivity contribution in [2.75, 3.05) is 5.32 Å². The van der Waals surface area contributed by atoms with Gasteiger partial charge in [-0.2, -0.15) is 0 Å². The molecule has 2 rings (SSSR count). The predicted molar refractivity (Wildman–Crippen MR) is 77.9 cm³/mol. The Morgan fingerprint density at radius 3 is 2.48 bits per heavy atom. The Hall–Kier alpha value is -2.89. The number of carbonyl (C=O) groups is 2. The molecule has 0 radical (unpaired) electrons. The number of rotatable bonds is 3. The van der Waals surface area contributed by atoms with Crippen molar-refractivity contribution in [3.63, 3.8) is 0 Å². The van der Waals surface area contributed by atoms with Gasteiger partial charge in [0.25, 0.3) is 11.5 Å². The minimum Gasteiger partial charge on any atom is -0.478 e. The molecule has 1 heterocycles. The van der Waals surface area contributed by atoms with E-state index in [0.29, 0.717) is 16.9 Å². The molecule has 0 saturated carbocycles. The number of nitrogens with one attached hydrogen (secondary N) is 2. The highest BCUT2D eigenvalue weighted by Gasteiger charge is 2.13.